The van der Waals surface area contributed by atoms with Crippen LogP contribution in [0, 0.1) is 5.92 Å². The van der Waals surface area contributed by atoms with E-state index in [0.717, 1.165) is 12.8 Å². The Kier molecular flexibility index (Phi) is 6.44. The minimum absolute atomic E-state index is 0.00208. The number of hydrogen-bond donors (Lipinski definition) is 2. The highest BCUT2D eigenvalue weighted by Gasteiger charge is 2.14. The van der Waals surface area contributed by atoms with Gasteiger partial charge in [0.15, 0.2) is 0 Å². The van der Waals surface area contributed by atoms with Gasteiger partial charge in [-0.05, 0) is 24.3 Å². The number of hydrogen-bond acceptors (Lipinski definition) is 2. The Bertz CT molecular complexity index is 349. The van der Waals surface area contributed by atoms with E-state index in [2.05, 4.69) is 17.4 Å². The SMILES string of the molecule is CC(C)C(CO)NC(=O)CCCc1ccccc1. The van der Waals surface area contributed by atoms with Crippen molar-refractivity contribution in [3.63, 3.8) is 0 Å². The average Bonchev–Trinajstić information content (AvgIpc) is 2.37. The summed E-state index contributed by atoms with van der Waals surface area (Å²) in [6, 6.07) is 10.0. The quantitative estimate of drug-likeness (QED) is 0.778. The Morgan fingerprint density at radius 3 is 2.50 bits per heavy atom. The minimum Gasteiger partial charge on any atom is -0.394 e. The van der Waals surface area contributed by atoms with Crippen LogP contribution in [0.15, 0.2) is 30.3 Å². The summed E-state index contributed by atoms with van der Waals surface area (Å²) < 4.78 is 0. The zero-order chi connectivity index (χ0) is 13.4. The Balaban J connectivity index is 2.25. The van der Waals surface area contributed by atoms with Gasteiger partial charge in [-0.3, -0.25) is 4.79 Å². The van der Waals surface area contributed by atoms with Crippen molar-refractivity contribution in [3.8, 4) is 0 Å². The molecule has 0 spiro atoms. The molecule has 1 unspecified atom stereocenters. The van der Waals surface area contributed by atoms with Crippen molar-refractivity contribution in [2.75, 3.05) is 6.61 Å². The molecular weight excluding hydrogens is 226 g/mol. The van der Waals surface area contributed by atoms with Crippen LogP contribution in [-0.2, 0) is 11.2 Å². The summed E-state index contributed by atoms with van der Waals surface area (Å²) >= 11 is 0. The topological polar surface area (TPSA) is 49.3 Å². The van der Waals surface area contributed by atoms with Gasteiger partial charge in [0.2, 0.25) is 5.91 Å². The lowest BCUT2D eigenvalue weighted by Gasteiger charge is -2.19. The maximum absolute atomic E-state index is 11.7. The molecule has 0 aliphatic rings. The zero-order valence-electron chi connectivity index (χ0n) is 11.2. The molecule has 3 nitrogen and oxygen atoms in total. The summed E-state index contributed by atoms with van der Waals surface area (Å²) in [5.41, 5.74) is 1.26. The predicted octanol–water partition coefficient (Wildman–Crippen LogP) is 2.14. The summed E-state index contributed by atoms with van der Waals surface area (Å²) in [6.45, 7) is 3.98. The number of benzene rings is 1. The monoisotopic (exact) mass is 249 g/mol. The fourth-order valence-corrected chi connectivity index (χ4v) is 1.80. The molecule has 0 aromatic heterocycles. The Labute approximate surface area is 109 Å². The van der Waals surface area contributed by atoms with Crippen LogP contribution in [-0.4, -0.2) is 23.7 Å². The van der Waals surface area contributed by atoms with Crippen molar-refractivity contribution in [2.24, 2.45) is 5.92 Å². The molecule has 18 heavy (non-hydrogen) atoms. The van der Waals surface area contributed by atoms with Crippen LogP contribution in [0.2, 0.25) is 0 Å². The minimum atomic E-state index is -0.130. The molecule has 0 saturated carbocycles. The Morgan fingerprint density at radius 1 is 1.28 bits per heavy atom. The van der Waals surface area contributed by atoms with Gasteiger partial charge in [0, 0.05) is 6.42 Å². The van der Waals surface area contributed by atoms with Gasteiger partial charge in [-0.25, -0.2) is 0 Å². The Hall–Kier alpha value is -1.35. The molecular formula is C15H23NO2. The average molecular weight is 249 g/mol. The molecule has 1 aromatic carbocycles. The Morgan fingerprint density at radius 2 is 1.94 bits per heavy atom. The summed E-state index contributed by atoms with van der Waals surface area (Å²) in [5.74, 6) is 0.284. The van der Waals surface area contributed by atoms with Crippen LogP contribution in [0.3, 0.4) is 0 Å². The molecule has 3 heteroatoms. The fourth-order valence-electron chi connectivity index (χ4n) is 1.80. The molecule has 0 bridgehead atoms. The molecule has 0 saturated heterocycles. The van der Waals surface area contributed by atoms with E-state index in [1.165, 1.54) is 5.56 Å². The first kappa shape index (κ1) is 14.7. The lowest BCUT2D eigenvalue weighted by atomic mass is 10.0. The van der Waals surface area contributed by atoms with Gasteiger partial charge in [-0.1, -0.05) is 44.2 Å². The highest BCUT2D eigenvalue weighted by Crippen LogP contribution is 2.05. The molecule has 100 valence electrons. The van der Waals surface area contributed by atoms with Gasteiger partial charge in [0.05, 0.1) is 12.6 Å². The summed E-state index contributed by atoms with van der Waals surface area (Å²) in [6.07, 6.45) is 2.27. The summed E-state index contributed by atoms with van der Waals surface area (Å²) in [4.78, 5) is 11.7. The largest absolute Gasteiger partial charge is 0.394 e. The molecule has 0 fully saturated rings. The van der Waals surface area contributed by atoms with E-state index in [1.54, 1.807) is 0 Å². The lowest BCUT2D eigenvalue weighted by molar-refractivity contribution is -0.122. The molecule has 1 amide bonds. The van der Waals surface area contributed by atoms with Crippen LogP contribution in [0.25, 0.3) is 0 Å². The molecule has 1 aromatic rings. The third-order valence-electron chi connectivity index (χ3n) is 3.06. The first-order valence-electron chi connectivity index (χ1n) is 6.57. The molecule has 0 aliphatic heterocycles. The smallest absolute Gasteiger partial charge is 0.220 e. The number of aryl methyl sites for hydroxylation is 1. The standard InChI is InChI=1S/C15H23NO2/c1-12(2)14(11-17)16-15(18)10-6-9-13-7-4-3-5-8-13/h3-5,7-8,12,14,17H,6,9-11H2,1-2H3,(H,16,18). The van der Waals surface area contributed by atoms with Gasteiger partial charge >= 0.3 is 0 Å². The predicted molar refractivity (Wildman–Crippen MR) is 73.2 cm³/mol. The third-order valence-corrected chi connectivity index (χ3v) is 3.06. The van der Waals surface area contributed by atoms with Gasteiger partial charge in [0.25, 0.3) is 0 Å². The van der Waals surface area contributed by atoms with Crippen LogP contribution in [0.1, 0.15) is 32.3 Å². The third kappa shape index (κ3) is 5.32. The van der Waals surface area contributed by atoms with Crippen molar-refractivity contribution in [1.29, 1.82) is 0 Å². The van der Waals surface area contributed by atoms with Gasteiger partial charge in [-0.15, -0.1) is 0 Å². The van der Waals surface area contributed by atoms with Crippen LogP contribution >= 0.6 is 0 Å². The summed E-state index contributed by atoms with van der Waals surface area (Å²) in [7, 11) is 0. The van der Waals surface area contributed by atoms with Crippen molar-refractivity contribution in [2.45, 2.75) is 39.2 Å². The van der Waals surface area contributed by atoms with E-state index >= 15 is 0 Å². The number of nitrogens with one attached hydrogen (secondary N) is 1. The lowest BCUT2D eigenvalue weighted by Crippen LogP contribution is -2.41. The normalized spacial score (nSPS) is 12.4. The summed E-state index contributed by atoms with van der Waals surface area (Å²) in [5, 5.41) is 12.0. The number of carbonyl (C=O) groups is 1. The second kappa shape index (κ2) is 7.88. The van der Waals surface area contributed by atoms with Crippen LogP contribution in [0.4, 0.5) is 0 Å². The number of aliphatic hydroxyl groups is 1. The number of amides is 1. The maximum Gasteiger partial charge on any atom is 0.220 e. The van der Waals surface area contributed by atoms with Crippen molar-refractivity contribution in [3.05, 3.63) is 35.9 Å². The van der Waals surface area contributed by atoms with Crippen molar-refractivity contribution in [1.82, 2.24) is 5.32 Å². The number of rotatable bonds is 7. The maximum atomic E-state index is 11.7. The van der Waals surface area contributed by atoms with Gasteiger partial charge < -0.3 is 10.4 Å². The van der Waals surface area contributed by atoms with E-state index in [9.17, 15) is 4.79 Å². The molecule has 0 heterocycles. The fraction of sp³-hybridized carbons (Fsp3) is 0.533. The number of carbonyl (C=O) groups excluding carboxylic acids is 1. The van der Waals surface area contributed by atoms with Crippen LogP contribution < -0.4 is 5.32 Å². The first-order valence-corrected chi connectivity index (χ1v) is 6.57. The first-order chi connectivity index (χ1) is 8.63. The van der Waals surface area contributed by atoms with Gasteiger partial charge in [0.1, 0.15) is 0 Å². The van der Waals surface area contributed by atoms with E-state index < -0.39 is 0 Å². The van der Waals surface area contributed by atoms with Crippen molar-refractivity contribution >= 4 is 5.91 Å². The molecule has 0 radical (unpaired) electrons. The van der Waals surface area contributed by atoms with E-state index in [-0.39, 0.29) is 24.5 Å². The highest BCUT2D eigenvalue weighted by molar-refractivity contribution is 5.76. The zero-order valence-corrected chi connectivity index (χ0v) is 11.2. The molecule has 2 N–H and O–H groups in total. The van der Waals surface area contributed by atoms with Gasteiger partial charge in [-0.2, -0.15) is 0 Å². The second-order valence-corrected chi connectivity index (χ2v) is 4.94. The van der Waals surface area contributed by atoms with Crippen molar-refractivity contribution < 1.29 is 9.90 Å². The molecule has 1 rings (SSSR count). The van der Waals surface area contributed by atoms with E-state index in [1.807, 2.05) is 32.0 Å². The number of aliphatic hydroxyl groups excluding tert-OH is 1. The van der Waals surface area contributed by atoms with E-state index in [0.29, 0.717) is 6.42 Å². The molecule has 0 aliphatic carbocycles. The second-order valence-electron chi connectivity index (χ2n) is 4.94. The van der Waals surface area contributed by atoms with Crippen LogP contribution in [0.5, 0.6) is 0 Å². The molecule has 1 atom stereocenters. The van der Waals surface area contributed by atoms with E-state index in [4.69, 9.17) is 5.11 Å². The highest BCUT2D eigenvalue weighted by atomic mass is 16.3.